The molecule has 0 saturated heterocycles. The van der Waals surface area contributed by atoms with Crippen LogP contribution in [0.2, 0.25) is 0 Å². The van der Waals surface area contributed by atoms with Crippen LogP contribution in [0.1, 0.15) is 12.1 Å². The molecule has 0 bridgehead atoms. The Morgan fingerprint density at radius 2 is 2.14 bits per heavy atom. The maximum Gasteiger partial charge on any atom is 0.435 e. The number of carbonyl (C=O) groups excluding carboxylic acids is 1. The van der Waals surface area contributed by atoms with Crippen molar-refractivity contribution < 1.29 is 27.1 Å². The van der Waals surface area contributed by atoms with Gasteiger partial charge in [-0.2, -0.15) is 18.3 Å². The zero-order valence-corrected chi connectivity index (χ0v) is 15.5. The topological polar surface area (TPSA) is 82.2 Å². The summed E-state index contributed by atoms with van der Waals surface area (Å²) in [5, 5.41) is 5.33. The summed E-state index contributed by atoms with van der Waals surface area (Å²) in [4.78, 5) is 12.1. The number of rotatable bonds is 5. The minimum absolute atomic E-state index is 0.165. The van der Waals surface area contributed by atoms with Crippen molar-refractivity contribution in [2.45, 2.75) is 18.0 Å². The number of amides is 1. The smallest absolute Gasteiger partial charge is 0.435 e. The van der Waals surface area contributed by atoms with Gasteiger partial charge in [0.15, 0.2) is 12.3 Å². The molecular weight excluding hydrogens is 416 g/mol. The summed E-state index contributed by atoms with van der Waals surface area (Å²) in [5.74, 6) is -1.62. The van der Waals surface area contributed by atoms with Gasteiger partial charge in [-0.15, -0.1) is 11.6 Å². The molecule has 0 radical (unpaired) electrons. The molecule has 2 aromatic rings. The monoisotopic (exact) mass is 430 g/mol. The molecule has 0 aliphatic heterocycles. The summed E-state index contributed by atoms with van der Waals surface area (Å²) < 4.78 is 58.6. The number of halogens is 5. The highest BCUT2D eigenvalue weighted by molar-refractivity contribution is 6.25. The number of benzene rings is 1. The first kappa shape index (κ1) is 20.7. The van der Waals surface area contributed by atoms with Crippen molar-refractivity contribution in [2.24, 2.45) is 0 Å². The number of nitrogens with zero attached hydrogens (tertiary/aromatic N) is 2. The highest BCUT2D eigenvalue weighted by atomic mass is 35.5. The molecule has 1 aliphatic carbocycles. The van der Waals surface area contributed by atoms with Crippen molar-refractivity contribution in [3.63, 3.8) is 0 Å². The lowest BCUT2D eigenvalue weighted by Gasteiger charge is -2.17. The Kier molecular flexibility index (Phi) is 5.83. The molecule has 1 aliphatic rings. The number of nitrogen functional groups attached to an aromatic ring is 1. The maximum absolute atomic E-state index is 13.2. The van der Waals surface area contributed by atoms with Gasteiger partial charge in [0.25, 0.3) is 5.91 Å². The highest BCUT2D eigenvalue weighted by Crippen LogP contribution is 2.34. The molecule has 0 fully saturated rings. The third-order valence-electron chi connectivity index (χ3n) is 3.91. The van der Waals surface area contributed by atoms with Gasteiger partial charge in [0, 0.05) is 11.8 Å². The van der Waals surface area contributed by atoms with E-state index < -0.39 is 35.6 Å². The van der Waals surface area contributed by atoms with E-state index in [0.717, 1.165) is 10.7 Å². The van der Waals surface area contributed by atoms with E-state index in [1.54, 1.807) is 12.2 Å². The van der Waals surface area contributed by atoms with Gasteiger partial charge in [-0.1, -0.05) is 12.2 Å². The standard InChI is InChI=1S/C18H15ClF4N4O2/c19-11-3-1-2-4-14(11)27-17(8-15(26-27)18(21,22)23)29-9-16(28)25-10-5-6-12(20)13(24)7-10/h1-2,4-8,11H,3,9,24H2,(H,25,28). The molecule has 1 aromatic carbocycles. The summed E-state index contributed by atoms with van der Waals surface area (Å²) in [5.41, 5.74) is 4.57. The second-order valence-electron chi connectivity index (χ2n) is 6.07. The summed E-state index contributed by atoms with van der Waals surface area (Å²) in [6.07, 6.45) is 0.615. The Morgan fingerprint density at radius 1 is 1.38 bits per heavy atom. The minimum Gasteiger partial charge on any atom is -0.467 e. The number of nitrogens with two attached hydrogens (primary N) is 1. The number of hydrogen-bond donors (Lipinski definition) is 2. The van der Waals surface area contributed by atoms with Crippen LogP contribution in [0.3, 0.4) is 0 Å². The highest BCUT2D eigenvalue weighted by Gasteiger charge is 2.36. The number of carbonyl (C=O) groups is 1. The zero-order valence-electron chi connectivity index (χ0n) is 14.7. The zero-order chi connectivity index (χ0) is 21.2. The van der Waals surface area contributed by atoms with Crippen LogP contribution in [-0.4, -0.2) is 27.7 Å². The fraction of sp³-hybridized carbons (Fsp3) is 0.222. The largest absolute Gasteiger partial charge is 0.467 e. The number of allylic oxidation sites excluding steroid dienone is 4. The Balaban J connectivity index is 1.78. The average Bonchev–Trinajstić information content (AvgIpc) is 3.08. The van der Waals surface area contributed by atoms with Crippen LogP contribution in [-0.2, 0) is 11.0 Å². The van der Waals surface area contributed by atoms with Crippen LogP contribution in [0.25, 0.3) is 5.70 Å². The normalized spacial score (nSPS) is 16.4. The van der Waals surface area contributed by atoms with Crippen molar-refractivity contribution in [1.82, 2.24) is 9.78 Å². The van der Waals surface area contributed by atoms with E-state index >= 15 is 0 Å². The van der Waals surface area contributed by atoms with Crippen LogP contribution in [0.15, 0.2) is 42.5 Å². The predicted octanol–water partition coefficient (Wildman–Crippen LogP) is 4.05. The van der Waals surface area contributed by atoms with Gasteiger partial charge in [0.2, 0.25) is 5.88 Å². The summed E-state index contributed by atoms with van der Waals surface area (Å²) >= 11 is 6.17. The molecule has 154 valence electrons. The molecule has 0 saturated carbocycles. The number of nitrogens with one attached hydrogen (secondary N) is 1. The molecule has 1 heterocycles. The Labute approximate surface area is 167 Å². The third kappa shape index (κ3) is 4.89. The first-order valence-corrected chi connectivity index (χ1v) is 8.75. The number of alkyl halides is 4. The van der Waals surface area contributed by atoms with E-state index in [4.69, 9.17) is 22.1 Å². The molecule has 3 rings (SSSR count). The lowest BCUT2D eigenvalue weighted by molar-refractivity contribution is -0.141. The molecule has 3 N–H and O–H groups in total. The van der Waals surface area contributed by atoms with E-state index in [1.165, 1.54) is 18.2 Å². The Bertz CT molecular complexity index is 985. The molecule has 1 unspecified atom stereocenters. The van der Waals surface area contributed by atoms with Crippen LogP contribution < -0.4 is 15.8 Å². The SMILES string of the molecule is Nc1cc(NC(=O)COc2cc(C(F)(F)F)nn2C2=CC=CCC2Cl)ccc1F. The molecule has 6 nitrogen and oxygen atoms in total. The van der Waals surface area contributed by atoms with Crippen LogP contribution in [0.5, 0.6) is 5.88 Å². The fourth-order valence-corrected chi connectivity index (χ4v) is 2.81. The van der Waals surface area contributed by atoms with E-state index in [2.05, 4.69) is 10.4 Å². The van der Waals surface area contributed by atoms with E-state index in [9.17, 15) is 22.4 Å². The number of aromatic nitrogens is 2. The molecule has 29 heavy (non-hydrogen) atoms. The number of hydrogen-bond acceptors (Lipinski definition) is 4. The Hall–Kier alpha value is -3.01. The summed E-state index contributed by atoms with van der Waals surface area (Å²) in [6, 6.07) is 4.25. The van der Waals surface area contributed by atoms with Gasteiger partial charge >= 0.3 is 6.18 Å². The molecule has 0 spiro atoms. The first-order valence-electron chi connectivity index (χ1n) is 8.31. The van der Waals surface area contributed by atoms with Crippen molar-refractivity contribution in [3.8, 4) is 5.88 Å². The third-order valence-corrected chi connectivity index (χ3v) is 4.31. The predicted molar refractivity (Wildman–Crippen MR) is 99.8 cm³/mol. The van der Waals surface area contributed by atoms with Crippen molar-refractivity contribution in [2.75, 3.05) is 17.7 Å². The van der Waals surface area contributed by atoms with Gasteiger partial charge in [-0.05, 0) is 30.7 Å². The van der Waals surface area contributed by atoms with Crippen molar-refractivity contribution in [1.29, 1.82) is 0 Å². The van der Waals surface area contributed by atoms with Gasteiger partial charge < -0.3 is 15.8 Å². The van der Waals surface area contributed by atoms with Gasteiger partial charge in [-0.25, -0.2) is 9.07 Å². The average molecular weight is 431 g/mol. The molecule has 1 atom stereocenters. The van der Waals surface area contributed by atoms with E-state index in [-0.39, 0.29) is 23.0 Å². The first-order chi connectivity index (χ1) is 13.6. The van der Waals surface area contributed by atoms with Gasteiger partial charge in [0.05, 0.1) is 16.8 Å². The van der Waals surface area contributed by atoms with Crippen molar-refractivity contribution in [3.05, 3.63) is 54.0 Å². The second kappa shape index (κ2) is 8.16. The van der Waals surface area contributed by atoms with Gasteiger partial charge in [0.1, 0.15) is 5.82 Å². The van der Waals surface area contributed by atoms with E-state index in [1.807, 2.05) is 0 Å². The molecule has 1 amide bonds. The van der Waals surface area contributed by atoms with Gasteiger partial charge in [-0.3, -0.25) is 4.79 Å². The molecule has 1 aromatic heterocycles. The van der Waals surface area contributed by atoms with Crippen LogP contribution in [0.4, 0.5) is 28.9 Å². The van der Waals surface area contributed by atoms with Crippen LogP contribution >= 0.6 is 11.6 Å². The quantitative estimate of drug-likeness (QED) is 0.426. The second-order valence-corrected chi connectivity index (χ2v) is 6.60. The minimum atomic E-state index is -4.70. The fourth-order valence-electron chi connectivity index (χ4n) is 2.54. The lowest BCUT2D eigenvalue weighted by atomic mass is 10.1. The number of ether oxygens (including phenoxy) is 1. The maximum atomic E-state index is 13.2. The Morgan fingerprint density at radius 3 is 2.79 bits per heavy atom. The lowest BCUT2D eigenvalue weighted by Crippen LogP contribution is -2.22. The summed E-state index contributed by atoms with van der Waals surface area (Å²) in [7, 11) is 0. The molecule has 11 heteroatoms. The summed E-state index contributed by atoms with van der Waals surface area (Å²) in [6.45, 7) is -0.615. The molecular formula is C18H15ClF4N4O2. The number of anilines is 2. The van der Waals surface area contributed by atoms with E-state index in [0.29, 0.717) is 12.5 Å². The van der Waals surface area contributed by atoms with Crippen molar-refractivity contribution >= 4 is 34.6 Å². The van der Waals surface area contributed by atoms with Crippen LogP contribution in [0, 0.1) is 5.82 Å².